The monoisotopic (exact) mass is 388 g/mol. The predicted molar refractivity (Wildman–Crippen MR) is 115 cm³/mol. The molecule has 0 spiro atoms. The third-order valence-electron chi connectivity index (χ3n) is 4.65. The lowest BCUT2D eigenvalue weighted by Crippen LogP contribution is -2.15. The van der Waals surface area contributed by atoms with Gasteiger partial charge in [0.2, 0.25) is 5.91 Å². The second-order valence-electron chi connectivity index (χ2n) is 6.80. The summed E-state index contributed by atoms with van der Waals surface area (Å²) in [7, 11) is 1.56. The third kappa shape index (κ3) is 5.45. The molecule has 3 aromatic rings. The normalized spacial score (nSPS) is 11.4. The molecule has 2 N–H and O–H groups in total. The Morgan fingerprint density at radius 2 is 1.52 bits per heavy atom. The van der Waals surface area contributed by atoms with E-state index in [1.54, 1.807) is 43.5 Å². The van der Waals surface area contributed by atoms with Crippen LogP contribution in [0, 0.1) is 0 Å². The van der Waals surface area contributed by atoms with Crippen molar-refractivity contribution in [1.82, 2.24) is 0 Å². The lowest BCUT2D eigenvalue weighted by Gasteiger charge is -2.12. The number of nitrogens with one attached hydrogen (secondary N) is 2. The van der Waals surface area contributed by atoms with Crippen molar-refractivity contribution in [3.05, 3.63) is 90.0 Å². The summed E-state index contributed by atoms with van der Waals surface area (Å²) < 4.78 is 5.25. The van der Waals surface area contributed by atoms with E-state index in [4.69, 9.17) is 4.74 Å². The van der Waals surface area contributed by atoms with Gasteiger partial charge in [-0.05, 0) is 47.9 Å². The molecular weight excluding hydrogens is 364 g/mol. The van der Waals surface area contributed by atoms with E-state index in [1.165, 1.54) is 0 Å². The van der Waals surface area contributed by atoms with Gasteiger partial charge in [-0.1, -0.05) is 49.4 Å². The Balaban J connectivity index is 1.58. The molecular formula is C24H24N2O3. The fraction of sp³-hybridized carbons (Fsp3) is 0.167. The number of carbonyl (C=O) groups is 2. The van der Waals surface area contributed by atoms with Gasteiger partial charge in [0.15, 0.2) is 0 Å². The fourth-order valence-corrected chi connectivity index (χ4v) is 3.04. The smallest absolute Gasteiger partial charge is 0.255 e. The molecule has 0 aliphatic heterocycles. The van der Waals surface area contributed by atoms with Crippen molar-refractivity contribution in [2.24, 2.45) is 0 Å². The first-order valence-electron chi connectivity index (χ1n) is 9.46. The van der Waals surface area contributed by atoms with E-state index in [0.29, 0.717) is 29.1 Å². The van der Waals surface area contributed by atoms with Crippen LogP contribution in [0.4, 0.5) is 11.4 Å². The topological polar surface area (TPSA) is 67.4 Å². The van der Waals surface area contributed by atoms with Crippen LogP contribution >= 0.6 is 0 Å². The van der Waals surface area contributed by atoms with Crippen LogP contribution in [0.5, 0.6) is 5.75 Å². The average molecular weight is 388 g/mol. The largest absolute Gasteiger partial charge is 0.495 e. The molecule has 148 valence electrons. The minimum Gasteiger partial charge on any atom is -0.495 e. The first-order chi connectivity index (χ1) is 14.1. The van der Waals surface area contributed by atoms with E-state index in [1.807, 2.05) is 49.4 Å². The van der Waals surface area contributed by atoms with Crippen molar-refractivity contribution < 1.29 is 14.3 Å². The standard InChI is InChI=1S/C24H24N2O3/c1-17(18-8-4-3-5-9-18)16-23(27)25-20-14-12-19(13-15-20)24(28)26-21-10-6-7-11-22(21)29-2/h3-15,17H,16H2,1-2H3,(H,25,27)(H,26,28)/t17-/m1/s1. The summed E-state index contributed by atoms with van der Waals surface area (Å²) in [4.78, 5) is 24.8. The van der Waals surface area contributed by atoms with Crippen molar-refractivity contribution >= 4 is 23.2 Å². The van der Waals surface area contributed by atoms with Gasteiger partial charge in [-0.25, -0.2) is 0 Å². The fourth-order valence-electron chi connectivity index (χ4n) is 3.04. The minimum absolute atomic E-state index is 0.0624. The van der Waals surface area contributed by atoms with Crippen LogP contribution in [0.3, 0.4) is 0 Å². The molecule has 2 amide bonds. The van der Waals surface area contributed by atoms with Gasteiger partial charge in [0.1, 0.15) is 5.75 Å². The van der Waals surface area contributed by atoms with Gasteiger partial charge in [0, 0.05) is 17.7 Å². The van der Waals surface area contributed by atoms with Gasteiger partial charge >= 0.3 is 0 Å². The lowest BCUT2D eigenvalue weighted by atomic mass is 9.97. The lowest BCUT2D eigenvalue weighted by molar-refractivity contribution is -0.116. The summed E-state index contributed by atoms with van der Waals surface area (Å²) in [5, 5.41) is 5.72. The molecule has 3 rings (SSSR count). The zero-order valence-corrected chi connectivity index (χ0v) is 16.5. The van der Waals surface area contributed by atoms with Crippen molar-refractivity contribution in [2.45, 2.75) is 19.3 Å². The summed E-state index contributed by atoms with van der Waals surface area (Å²) in [5.74, 6) is 0.414. The Hall–Kier alpha value is -3.60. The first kappa shape index (κ1) is 20.1. The van der Waals surface area contributed by atoms with Gasteiger partial charge in [0.25, 0.3) is 5.91 Å². The number of carbonyl (C=O) groups excluding carboxylic acids is 2. The molecule has 1 atom stereocenters. The Labute approximate surface area is 170 Å². The highest BCUT2D eigenvalue weighted by Crippen LogP contribution is 2.24. The maximum Gasteiger partial charge on any atom is 0.255 e. The van der Waals surface area contributed by atoms with Crippen LogP contribution in [-0.2, 0) is 4.79 Å². The first-order valence-corrected chi connectivity index (χ1v) is 9.46. The highest BCUT2D eigenvalue weighted by molar-refractivity contribution is 6.05. The molecule has 0 saturated heterocycles. The molecule has 0 bridgehead atoms. The number of hydrogen-bond acceptors (Lipinski definition) is 3. The summed E-state index contributed by atoms with van der Waals surface area (Å²) in [6.45, 7) is 2.03. The highest BCUT2D eigenvalue weighted by Gasteiger charge is 2.12. The van der Waals surface area contributed by atoms with E-state index in [2.05, 4.69) is 10.6 Å². The number of benzene rings is 3. The van der Waals surface area contributed by atoms with Crippen molar-refractivity contribution in [1.29, 1.82) is 0 Å². The molecule has 3 aromatic carbocycles. The van der Waals surface area contributed by atoms with E-state index in [0.717, 1.165) is 5.56 Å². The van der Waals surface area contributed by atoms with Crippen LogP contribution in [0.1, 0.15) is 35.2 Å². The van der Waals surface area contributed by atoms with Gasteiger partial charge in [-0.3, -0.25) is 9.59 Å². The van der Waals surface area contributed by atoms with Crippen LogP contribution in [0.15, 0.2) is 78.9 Å². The van der Waals surface area contributed by atoms with Gasteiger partial charge in [0.05, 0.1) is 12.8 Å². The molecule has 0 aliphatic carbocycles. The van der Waals surface area contributed by atoms with E-state index in [-0.39, 0.29) is 17.7 Å². The van der Waals surface area contributed by atoms with E-state index in [9.17, 15) is 9.59 Å². The Kier molecular flexibility index (Phi) is 6.63. The van der Waals surface area contributed by atoms with Crippen LogP contribution < -0.4 is 15.4 Å². The van der Waals surface area contributed by atoms with Gasteiger partial charge in [-0.2, -0.15) is 0 Å². The molecule has 0 aliphatic rings. The number of methoxy groups -OCH3 is 1. The molecule has 0 unspecified atom stereocenters. The summed E-state index contributed by atoms with van der Waals surface area (Å²) >= 11 is 0. The molecule has 0 heterocycles. The Morgan fingerprint density at radius 3 is 2.21 bits per heavy atom. The van der Waals surface area contributed by atoms with Crippen molar-refractivity contribution in [2.75, 3.05) is 17.7 Å². The molecule has 29 heavy (non-hydrogen) atoms. The maximum absolute atomic E-state index is 12.5. The molecule has 0 saturated carbocycles. The third-order valence-corrected chi connectivity index (χ3v) is 4.65. The second-order valence-corrected chi connectivity index (χ2v) is 6.80. The Morgan fingerprint density at radius 1 is 0.862 bits per heavy atom. The molecule has 5 nitrogen and oxygen atoms in total. The minimum atomic E-state index is -0.245. The summed E-state index contributed by atoms with van der Waals surface area (Å²) in [5.41, 5.74) is 2.88. The SMILES string of the molecule is COc1ccccc1NC(=O)c1ccc(NC(=O)C[C@@H](C)c2ccccc2)cc1. The van der Waals surface area contributed by atoms with Gasteiger partial charge in [-0.15, -0.1) is 0 Å². The summed E-state index contributed by atoms with van der Waals surface area (Å²) in [6, 6.07) is 24.0. The molecule has 5 heteroatoms. The molecule has 0 radical (unpaired) electrons. The highest BCUT2D eigenvalue weighted by atomic mass is 16.5. The number of hydrogen-bond donors (Lipinski definition) is 2. The number of rotatable bonds is 7. The number of ether oxygens (including phenoxy) is 1. The van der Waals surface area contributed by atoms with Crippen molar-refractivity contribution in [3.63, 3.8) is 0 Å². The zero-order valence-electron chi connectivity index (χ0n) is 16.5. The second kappa shape index (κ2) is 9.55. The van der Waals surface area contributed by atoms with E-state index < -0.39 is 0 Å². The maximum atomic E-state index is 12.5. The van der Waals surface area contributed by atoms with Crippen molar-refractivity contribution in [3.8, 4) is 5.75 Å². The zero-order chi connectivity index (χ0) is 20.6. The molecule has 0 aromatic heterocycles. The van der Waals surface area contributed by atoms with Crippen LogP contribution in [-0.4, -0.2) is 18.9 Å². The van der Waals surface area contributed by atoms with Crippen LogP contribution in [0.2, 0.25) is 0 Å². The quantitative estimate of drug-likeness (QED) is 0.593. The number of amides is 2. The van der Waals surface area contributed by atoms with Gasteiger partial charge < -0.3 is 15.4 Å². The summed E-state index contributed by atoms with van der Waals surface area (Å²) in [6.07, 6.45) is 0.389. The van der Waals surface area contributed by atoms with E-state index >= 15 is 0 Å². The average Bonchev–Trinajstić information content (AvgIpc) is 2.75. The predicted octanol–water partition coefficient (Wildman–Crippen LogP) is 5.08. The Bertz CT molecular complexity index is 969. The van der Waals surface area contributed by atoms with Crippen LogP contribution in [0.25, 0.3) is 0 Å². The number of para-hydroxylation sites is 2. The number of anilines is 2. The molecule has 0 fully saturated rings.